The topological polar surface area (TPSA) is 70.2 Å². The Morgan fingerprint density at radius 2 is 1.74 bits per heavy atom. The molecule has 2 aliphatic rings. The largest absolute Gasteiger partial charge is 0.490 e. The van der Waals surface area contributed by atoms with Crippen molar-refractivity contribution in [3.8, 4) is 5.75 Å². The zero-order chi connectivity index (χ0) is 25.3. The lowest BCUT2D eigenvalue weighted by Crippen LogP contribution is -2.53. The fourth-order valence-corrected chi connectivity index (χ4v) is 5.94. The van der Waals surface area contributed by atoms with Crippen LogP contribution in [0.1, 0.15) is 18.4 Å². The second-order valence-corrected chi connectivity index (χ2v) is 11.9. The maximum absolute atomic E-state index is 13.7. The molecule has 7 nitrogen and oxygen atoms in total. The van der Waals surface area contributed by atoms with E-state index in [1.165, 1.54) is 22.7 Å². The highest BCUT2D eigenvalue weighted by Crippen LogP contribution is 2.39. The zero-order valence-electron chi connectivity index (χ0n) is 19.5. The molecule has 0 saturated carbocycles. The number of carbonyl (C=O) groups is 1. The molecular weight excluding hydrogens is 516 g/mol. The van der Waals surface area contributed by atoms with Crippen molar-refractivity contribution in [2.24, 2.45) is 5.92 Å². The number of rotatable bonds is 5. The molecule has 0 aromatic heterocycles. The van der Waals surface area contributed by atoms with Crippen LogP contribution < -0.4 is 4.74 Å². The van der Waals surface area contributed by atoms with Gasteiger partial charge < -0.3 is 14.5 Å². The van der Waals surface area contributed by atoms with Crippen LogP contribution in [0.5, 0.6) is 5.75 Å². The van der Waals surface area contributed by atoms with Crippen LogP contribution in [0.15, 0.2) is 42.5 Å². The van der Waals surface area contributed by atoms with E-state index in [-0.39, 0.29) is 42.9 Å². The monoisotopic (exact) mass is 543 g/mol. The summed E-state index contributed by atoms with van der Waals surface area (Å²) < 4.78 is 44.8. The fourth-order valence-electron chi connectivity index (χ4n) is 4.81. The van der Waals surface area contributed by atoms with Gasteiger partial charge in [0.25, 0.3) is 0 Å². The fraction of sp³-hybridized carbons (Fsp3) is 0.458. The van der Waals surface area contributed by atoms with E-state index in [1.54, 1.807) is 28.0 Å². The number of amides is 2. The third-order valence-corrected chi connectivity index (χ3v) is 8.75. The summed E-state index contributed by atoms with van der Waals surface area (Å²) in [6.07, 6.45) is 0.855. The molecule has 4 rings (SSSR count). The van der Waals surface area contributed by atoms with Gasteiger partial charge in [-0.05, 0) is 36.8 Å². The van der Waals surface area contributed by atoms with Crippen molar-refractivity contribution in [1.82, 2.24) is 14.1 Å². The quantitative estimate of drug-likeness (QED) is 0.563. The number of hydrogen-bond donors (Lipinski definition) is 0. The minimum atomic E-state index is -3.28. The van der Waals surface area contributed by atoms with Gasteiger partial charge in [-0.1, -0.05) is 35.3 Å². The molecular formula is C24H28Cl2FN3O4S. The number of benzene rings is 2. The minimum Gasteiger partial charge on any atom is -0.490 e. The molecule has 2 amide bonds. The minimum absolute atomic E-state index is 0.0745. The molecule has 3 atom stereocenters. The van der Waals surface area contributed by atoms with Crippen LogP contribution in [-0.2, 0) is 10.0 Å². The highest BCUT2D eigenvalue weighted by molar-refractivity contribution is 7.88. The summed E-state index contributed by atoms with van der Waals surface area (Å²) in [5, 5.41) is 0.883. The first kappa shape index (κ1) is 26.0. The average Bonchev–Trinajstić information content (AvgIpc) is 3.26. The lowest BCUT2D eigenvalue weighted by Gasteiger charge is -2.35. The Balaban J connectivity index is 1.53. The van der Waals surface area contributed by atoms with Crippen LogP contribution in [-0.4, -0.2) is 80.2 Å². The van der Waals surface area contributed by atoms with Gasteiger partial charge >= 0.3 is 6.03 Å². The van der Waals surface area contributed by atoms with Gasteiger partial charge in [-0.15, -0.1) is 0 Å². The first-order chi connectivity index (χ1) is 16.5. The molecule has 0 spiro atoms. The zero-order valence-corrected chi connectivity index (χ0v) is 21.9. The molecule has 0 radical (unpaired) electrons. The highest BCUT2D eigenvalue weighted by Gasteiger charge is 2.42. The summed E-state index contributed by atoms with van der Waals surface area (Å²) >= 11 is 12.4. The molecule has 2 aromatic carbocycles. The smallest absolute Gasteiger partial charge is 0.320 e. The normalized spacial score (nSPS) is 22.3. The van der Waals surface area contributed by atoms with Crippen molar-refractivity contribution < 1.29 is 22.3 Å². The van der Waals surface area contributed by atoms with E-state index in [0.29, 0.717) is 42.0 Å². The van der Waals surface area contributed by atoms with E-state index < -0.39 is 10.0 Å². The third-order valence-electron chi connectivity index (χ3n) is 6.71. The Morgan fingerprint density at radius 1 is 1.03 bits per heavy atom. The number of sulfonamides is 1. The van der Waals surface area contributed by atoms with Crippen molar-refractivity contribution in [2.45, 2.75) is 18.9 Å². The molecule has 0 N–H and O–H groups in total. The first-order valence-electron chi connectivity index (χ1n) is 11.4. The lowest BCUT2D eigenvalue weighted by atomic mass is 9.85. The van der Waals surface area contributed by atoms with Crippen LogP contribution in [0.4, 0.5) is 9.18 Å². The van der Waals surface area contributed by atoms with Crippen LogP contribution in [0, 0.1) is 11.7 Å². The van der Waals surface area contributed by atoms with E-state index in [0.717, 1.165) is 5.56 Å². The number of ether oxygens (including phenoxy) is 1. The molecule has 2 saturated heterocycles. The van der Waals surface area contributed by atoms with E-state index in [4.69, 9.17) is 27.9 Å². The molecule has 11 heteroatoms. The number of nitrogens with zero attached hydrogens (tertiary/aromatic N) is 3. The summed E-state index contributed by atoms with van der Waals surface area (Å²) in [6.45, 7) is 4.02. The summed E-state index contributed by atoms with van der Waals surface area (Å²) in [7, 11) is -3.28. The van der Waals surface area contributed by atoms with E-state index in [1.807, 2.05) is 19.1 Å². The van der Waals surface area contributed by atoms with Gasteiger partial charge in [0, 0.05) is 57.2 Å². The molecule has 0 aliphatic carbocycles. The molecule has 35 heavy (non-hydrogen) atoms. The number of likely N-dealkylation sites (tertiary alicyclic amines) is 1. The predicted octanol–water partition coefficient (Wildman–Crippen LogP) is 4.31. The number of piperazine rings is 1. The Morgan fingerprint density at radius 3 is 2.37 bits per heavy atom. The van der Waals surface area contributed by atoms with Gasteiger partial charge in [0.05, 0.1) is 16.3 Å². The van der Waals surface area contributed by atoms with Crippen molar-refractivity contribution in [1.29, 1.82) is 0 Å². The Labute approximate surface area is 215 Å². The van der Waals surface area contributed by atoms with Crippen molar-refractivity contribution in [3.05, 3.63) is 63.9 Å². The van der Waals surface area contributed by atoms with Crippen molar-refractivity contribution >= 4 is 39.3 Å². The van der Waals surface area contributed by atoms with Gasteiger partial charge in [-0.3, -0.25) is 0 Å². The maximum Gasteiger partial charge on any atom is 0.320 e. The second kappa shape index (κ2) is 10.5. The van der Waals surface area contributed by atoms with Crippen LogP contribution in [0.25, 0.3) is 0 Å². The maximum atomic E-state index is 13.7. The van der Waals surface area contributed by atoms with Gasteiger partial charge in [0.1, 0.15) is 17.7 Å². The van der Waals surface area contributed by atoms with Crippen LogP contribution in [0.3, 0.4) is 0 Å². The van der Waals surface area contributed by atoms with Crippen molar-refractivity contribution in [3.63, 3.8) is 0 Å². The lowest BCUT2D eigenvalue weighted by molar-refractivity contribution is 0.128. The number of carbonyl (C=O) groups excluding carboxylic acids is 1. The summed E-state index contributed by atoms with van der Waals surface area (Å²) in [5.74, 6) is -0.120. The van der Waals surface area contributed by atoms with Gasteiger partial charge in [-0.2, -0.15) is 4.31 Å². The first-order valence-corrected chi connectivity index (χ1v) is 14.0. The standard InChI is InChI=1S/C24H28Cl2FN3O4S/c1-16(34-19-5-3-4-18(27)13-19)20-14-29(15-21(20)17-6-7-22(25)23(26)12-17)24(31)28-8-10-30(11-9-28)35(2,32)33/h3-7,12-13,16,20-21H,8-11,14-15H2,1-2H3/t16-,20+,21+/m1/s1. The van der Waals surface area contributed by atoms with Gasteiger partial charge in [-0.25, -0.2) is 17.6 Å². The molecule has 190 valence electrons. The Hall–Kier alpha value is -2.07. The number of hydrogen-bond acceptors (Lipinski definition) is 4. The number of halogens is 3. The molecule has 0 bridgehead atoms. The van der Waals surface area contributed by atoms with Gasteiger partial charge in [0.15, 0.2) is 0 Å². The SMILES string of the molecule is C[C@@H](Oc1cccc(F)c1)[C@@H]1CN(C(=O)N2CCN(S(C)(=O)=O)CC2)C[C@H]1c1ccc(Cl)c(Cl)c1. The molecule has 2 aromatic rings. The molecule has 0 unspecified atom stereocenters. The number of urea groups is 1. The third kappa shape index (κ3) is 6.02. The predicted molar refractivity (Wildman–Crippen MR) is 134 cm³/mol. The highest BCUT2D eigenvalue weighted by atomic mass is 35.5. The molecule has 2 fully saturated rings. The van der Waals surface area contributed by atoms with Crippen molar-refractivity contribution in [2.75, 3.05) is 45.5 Å². The van der Waals surface area contributed by atoms with E-state index in [2.05, 4.69) is 0 Å². The second-order valence-electron chi connectivity index (χ2n) is 9.06. The molecule has 2 aliphatic heterocycles. The van der Waals surface area contributed by atoms with E-state index >= 15 is 0 Å². The summed E-state index contributed by atoms with van der Waals surface area (Å²) in [4.78, 5) is 16.8. The average molecular weight is 544 g/mol. The van der Waals surface area contributed by atoms with Gasteiger partial charge in [0.2, 0.25) is 10.0 Å². The van der Waals surface area contributed by atoms with Crippen LogP contribution >= 0.6 is 23.2 Å². The summed E-state index contributed by atoms with van der Waals surface area (Å²) in [6, 6.07) is 11.3. The van der Waals surface area contributed by atoms with E-state index in [9.17, 15) is 17.6 Å². The Bertz CT molecular complexity index is 1190. The Kier molecular flexibility index (Phi) is 7.80. The van der Waals surface area contributed by atoms with Crippen LogP contribution in [0.2, 0.25) is 10.0 Å². The summed E-state index contributed by atoms with van der Waals surface area (Å²) in [5.41, 5.74) is 0.941. The molecule has 2 heterocycles.